The number of hydrogen-bond acceptors (Lipinski definition) is 5. The molecule has 3 aromatic heterocycles. The van der Waals surface area contributed by atoms with Crippen LogP contribution in [0.1, 0.15) is 24.1 Å². The standard InChI is InChI=1S/C26H22FN5O/c1-15-10-23-29-14-17-11-21(20-4-2-3-5-22(20)27)24(30-25(17)32(23)31-15)16-6-8-18(9-7-16)26(28)12-19(33)13-26/h2-11,14,19,33H,12-13,28H2,1H3. The van der Waals surface area contributed by atoms with Gasteiger partial charge in [-0.2, -0.15) is 9.61 Å². The molecule has 7 heteroatoms. The lowest BCUT2D eigenvalue weighted by Gasteiger charge is -2.42. The Hall–Kier alpha value is -3.68. The summed E-state index contributed by atoms with van der Waals surface area (Å²) < 4.78 is 16.6. The summed E-state index contributed by atoms with van der Waals surface area (Å²) in [6.07, 6.45) is 2.49. The minimum absolute atomic E-state index is 0.315. The second-order valence-corrected chi connectivity index (χ2v) is 8.89. The predicted molar refractivity (Wildman–Crippen MR) is 125 cm³/mol. The van der Waals surface area contributed by atoms with E-state index >= 15 is 0 Å². The van der Waals surface area contributed by atoms with Gasteiger partial charge in [0.05, 0.1) is 17.5 Å². The van der Waals surface area contributed by atoms with E-state index < -0.39 is 5.54 Å². The zero-order valence-electron chi connectivity index (χ0n) is 18.0. The molecule has 0 unspecified atom stereocenters. The van der Waals surface area contributed by atoms with Gasteiger partial charge in [-0.25, -0.2) is 14.4 Å². The van der Waals surface area contributed by atoms with Crippen molar-refractivity contribution >= 4 is 16.7 Å². The quantitative estimate of drug-likeness (QED) is 0.436. The zero-order chi connectivity index (χ0) is 22.7. The molecular formula is C26H22FN5O. The van der Waals surface area contributed by atoms with Gasteiger partial charge in [-0.15, -0.1) is 0 Å². The van der Waals surface area contributed by atoms with Crippen LogP contribution in [0.25, 0.3) is 39.1 Å². The maximum atomic E-state index is 14.8. The summed E-state index contributed by atoms with van der Waals surface area (Å²) in [7, 11) is 0. The van der Waals surface area contributed by atoms with Crippen LogP contribution in [-0.2, 0) is 5.54 Å². The Morgan fingerprint density at radius 1 is 1.06 bits per heavy atom. The van der Waals surface area contributed by atoms with Crippen LogP contribution in [0.5, 0.6) is 0 Å². The van der Waals surface area contributed by atoms with E-state index in [1.54, 1.807) is 22.8 Å². The number of aliphatic hydroxyl groups excluding tert-OH is 1. The summed E-state index contributed by atoms with van der Waals surface area (Å²) in [6.45, 7) is 1.91. The fraction of sp³-hybridized carbons (Fsp3) is 0.192. The highest BCUT2D eigenvalue weighted by molar-refractivity contribution is 5.90. The van der Waals surface area contributed by atoms with E-state index in [-0.39, 0.29) is 11.9 Å². The van der Waals surface area contributed by atoms with Gasteiger partial charge in [-0.3, -0.25) is 0 Å². The minimum atomic E-state index is -0.506. The topological polar surface area (TPSA) is 89.3 Å². The van der Waals surface area contributed by atoms with Crippen molar-refractivity contribution in [2.24, 2.45) is 5.73 Å². The first kappa shape index (κ1) is 20.0. The van der Waals surface area contributed by atoms with Crippen LogP contribution in [0.15, 0.2) is 66.9 Å². The molecule has 0 amide bonds. The molecule has 0 aliphatic heterocycles. The van der Waals surface area contributed by atoms with Gasteiger partial charge in [0, 0.05) is 39.9 Å². The number of fused-ring (bicyclic) bond motifs is 3. The lowest BCUT2D eigenvalue weighted by Crippen LogP contribution is -2.51. The number of aryl methyl sites for hydroxylation is 1. The van der Waals surface area contributed by atoms with E-state index in [4.69, 9.17) is 10.7 Å². The summed E-state index contributed by atoms with van der Waals surface area (Å²) in [5, 5.41) is 15.0. The molecule has 0 atom stereocenters. The molecule has 2 aromatic carbocycles. The van der Waals surface area contributed by atoms with Crippen molar-refractivity contribution in [3.8, 4) is 22.4 Å². The molecule has 0 radical (unpaired) electrons. The Morgan fingerprint density at radius 2 is 1.82 bits per heavy atom. The number of aliphatic hydroxyl groups is 1. The molecule has 0 saturated heterocycles. The summed E-state index contributed by atoms with van der Waals surface area (Å²) in [5.41, 5.74) is 11.8. The van der Waals surface area contributed by atoms with Crippen LogP contribution in [0.3, 0.4) is 0 Å². The molecular weight excluding hydrogens is 417 g/mol. The van der Waals surface area contributed by atoms with Crippen molar-refractivity contribution in [3.63, 3.8) is 0 Å². The summed E-state index contributed by atoms with van der Waals surface area (Å²) >= 11 is 0. The molecule has 5 aromatic rings. The average molecular weight is 439 g/mol. The van der Waals surface area contributed by atoms with Crippen LogP contribution < -0.4 is 5.73 Å². The first-order chi connectivity index (χ1) is 15.9. The molecule has 6 nitrogen and oxygen atoms in total. The third-order valence-corrected chi connectivity index (χ3v) is 6.48. The first-order valence-corrected chi connectivity index (χ1v) is 10.9. The molecule has 1 fully saturated rings. The van der Waals surface area contributed by atoms with E-state index in [0.717, 1.165) is 22.2 Å². The highest BCUT2D eigenvalue weighted by Gasteiger charge is 2.41. The van der Waals surface area contributed by atoms with Crippen molar-refractivity contribution in [2.75, 3.05) is 0 Å². The van der Waals surface area contributed by atoms with E-state index in [2.05, 4.69) is 10.1 Å². The predicted octanol–water partition coefficient (Wildman–Crippen LogP) is 4.37. The second-order valence-electron chi connectivity index (χ2n) is 8.89. The van der Waals surface area contributed by atoms with Crippen molar-refractivity contribution in [3.05, 3.63) is 83.9 Å². The van der Waals surface area contributed by atoms with Gasteiger partial charge in [0.2, 0.25) is 0 Å². The van der Waals surface area contributed by atoms with Gasteiger partial charge in [0.25, 0.3) is 0 Å². The molecule has 1 saturated carbocycles. The molecule has 33 heavy (non-hydrogen) atoms. The van der Waals surface area contributed by atoms with Gasteiger partial charge < -0.3 is 10.8 Å². The number of rotatable bonds is 3. The van der Waals surface area contributed by atoms with E-state index in [1.807, 2.05) is 49.4 Å². The van der Waals surface area contributed by atoms with Crippen LogP contribution in [-0.4, -0.2) is 30.8 Å². The van der Waals surface area contributed by atoms with E-state index in [1.165, 1.54) is 6.07 Å². The Bertz CT molecular complexity index is 1520. The molecule has 1 aliphatic carbocycles. The number of benzene rings is 2. The van der Waals surface area contributed by atoms with Crippen LogP contribution in [0.4, 0.5) is 4.39 Å². The summed E-state index contributed by atoms with van der Waals surface area (Å²) in [5.74, 6) is -0.315. The molecule has 0 bridgehead atoms. The smallest absolute Gasteiger partial charge is 0.165 e. The van der Waals surface area contributed by atoms with Gasteiger partial charge >= 0.3 is 0 Å². The average Bonchev–Trinajstić information content (AvgIpc) is 3.18. The largest absolute Gasteiger partial charge is 0.393 e. The third kappa shape index (κ3) is 3.20. The van der Waals surface area contributed by atoms with Crippen molar-refractivity contribution in [2.45, 2.75) is 31.4 Å². The molecule has 6 rings (SSSR count). The van der Waals surface area contributed by atoms with Crippen molar-refractivity contribution in [1.82, 2.24) is 19.6 Å². The second kappa shape index (κ2) is 7.16. The zero-order valence-corrected chi connectivity index (χ0v) is 18.0. The van der Waals surface area contributed by atoms with E-state index in [9.17, 15) is 9.50 Å². The molecule has 1 aliphatic rings. The lowest BCUT2D eigenvalue weighted by molar-refractivity contribution is 0.0209. The maximum absolute atomic E-state index is 14.8. The minimum Gasteiger partial charge on any atom is -0.393 e. The maximum Gasteiger partial charge on any atom is 0.165 e. The number of pyridine rings is 1. The number of nitrogens with two attached hydrogens (primary N) is 1. The Morgan fingerprint density at radius 3 is 2.55 bits per heavy atom. The fourth-order valence-corrected chi connectivity index (χ4v) is 4.73. The van der Waals surface area contributed by atoms with E-state index in [0.29, 0.717) is 41.0 Å². The normalized spacial score (nSPS) is 20.3. The molecule has 3 N–H and O–H groups in total. The van der Waals surface area contributed by atoms with Crippen LogP contribution in [0, 0.1) is 12.7 Å². The van der Waals surface area contributed by atoms with Gasteiger partial charge in [-0.1, -0.05) is 42.5 Å². The number of halogens is 1. The number of nitrogens with zero attached hydrogens (tertiary/aromatic N) is 4. The molecule has 164 valence electrons. The number of aromatic nitrogens is 4. The summed E-state index contributed by atoms with van der Waals surface area (Å²) in [6, 6.07) is 18.4. The third-order valence-electron chi connectivity index (χ3n) is 6.48. The Labute approximate surface area is 189 Å². The SMILES string of the molecule is Cc1cc2ncc3cc(-c4ccccc4F)c(-c4ccc(C5(N)CC(O)C5)cc4)nc3n2n1. The van der Waals surface area contributed by atoms with Crippen LogP contribution >= 0.6 is 0 Å². The van der Waals surface area contributed by atoms with Crippen molar-refractivity contribution in [1.29, 1.82) is 0 Å². The van der Waals surface area contributed by atoms with Crippen LogP contribution in [0.2, 0.25) is 0 Å². The van der Waals surface area contributed by atoms with Crippen molar-refractivity contribution < 1.29 is 9.50 Å². The lowest BCUT2D eigenvalue weighted by atomic mass is 9.70. The molecule has 3 heterocycles. The highest BCUT2D eigenvalue weighted by atomic mass is 19.1. The Balaban J connectivity index is 1.57. The van der Waals surface area contributed by atoms with Gasteiger partial charge in [0.15, 0.2) is 11.3 Å². The number of hydrogen-bond donors (Lipinski definition) is 2. The molecule has 0 spiro atoms. The monoisotopic (exact) mass is 439 g/mol. The first-order valence-electron chi connectivity index (χ1n) is 10.9. The highest BCUT2D eigenvalue weighted by Crippen LogP contribution is 2.40. The van der Waals surface area contributed by atoms with Gasteiger partial charge in [-0.05, 0) is 37.5 Å². The Kier molecular flexibility index (Phi) is 4.33. The summed E-state index contributed by atoms with van der Waals surface area (Å²) in [4.78, 5) is 9.45. The fourth-order valence-electron chi connectivity index (χ4n) is 4.73. The van der Waals surface area contributed by atoms with Gasteiger partial charge in [0.1, 0.15) is 5.82 Å².